The second-order valence-electron chi connectivity index (χ2n) is 21.5. The third kappa shape index (κ3) is 6.73. The Morgan fingerprint density at radius 1 is 0.250 bits per heavy atom. The van der Waals surface area contributed by atoms with E-state index in [0.29, 0.717) is 0 Å². The largest absolute Gasteiger partial charge is 0.310 e. The molecule has 0 unspecified atom stereocenters. The van der Waals surface area contributed by atoms with Crippen molar-refractivity contribution in [2.24, 2.45) is 0 Å². The first kappa shape index (κ1) is 45.9. The first-order chi connectivity index (χ1) is 39.7. The molecule has 1 heterocycles. The number of aromatic nitrogens is 1. The van der Waals surface area contributed by atoms with Gasteiger partial charge < -0.3 is 9.47 Å². The average molecular weight is 1020 g/mol. The summed E-state index contributed by atoms with van der Waals surface area (Å²) in [5.41, 5.74) is 23.1. The van der Waals surface area contributed by atoms with Crippen LogP contribution in [0.1, 0.15) is 44.5 Å². The van der Waals surface area contributed by atoms with Crippen molar-refractivity contribution in [2.45, 2.75) is 10.8 Å². The van der Waals surface area contributed by atoms with E-state index in [0.717, 1.165) is 33.8 Å². The standard InChI is InChI=1S/C78H52N2/c1-5-23-57(24-6-1)77(58-25-7-2-8-26-58)71-34-18-17-33-67(71)68-46-44-64(52-74(68)77)79(62-42-39-54(40-43-62)56-38-37-53-21-13-14-22-55(53)49-56)63-45-48-76-70(51-63)69-50-60(41-47-75(69)80(76)61-29-11-4-12-30-61)78(59-27-9-3-10-28-59)72-35-19-15-31-65(72)66-32-16-20-36-73(66)78/h1-52H. The fraction of sp³-hybridized carbons (Fsp3) is 0.0256. The van der Waals surface area contributed by atoms with Gasteiger partial charge >= 0.3 is 0 Å². The van der Waals surface area contributed by atoms with Gasteiger partial charge in [-0.1, -0.05) is 243 Å². The fourth-order valence-electron chi connectivity index (χ4n) is 14.1. The molecule has 0 bridgehead atoms. The second-order valence-corrected chi connectivity index (χ2v) is 21.5. The number of nitrogens with zero attached hydrogens (tertiary/aromatic N) is 2. The Hall–Kier alpha value is -10.3. The van der Waals surface area contributed by atoms with Crippen molar-refractivity contribution in [3.8, 4) is 39.1 Å². The number of hydrogen-bond donors (Lipinski definition) is 0. The monoisotopic (exact) mass is 1020 g/mol. The molecule has 0 saturated carbocycles. The lowest BCUT2D eigenvalue weighted by Crippen LogP contribution is -2.28. The van der Waals surface area contributed by atoms with Gasteiger partial charge in [0.2, 0.25) is 0 Å². The molecule has 1 aromatic heterocycles. The highest BCUT2D eigenvalue weighted by molar-refractivity contribution is 6.11. The minimum Gasteiger partial charge on any atom is -0.310 e. The maximum Gasteiger partial charge on any atom is 0.0714 e. The summed E-state index contributed by atoms with van der Waals surface area (Å²) in [6.07, 6.45) is 0. The molecule has 16 rings (SSSR count). The van der Waals surface area contributed by atoms with Crippen molar-refractivity contribution in [2.75, 3.05) is 4.90 Å². The number of para-hydroxylation sites is 1. The average Bonchev–Trinajstić information content (AvgIpc) is 4.24. The molecule has 0 amide bonds. The van der Waals surface area contributed by atoms with E-state index in [1.807, 2.05) is 0 Å². The van der Waals surface area contributed by atoms with Crippen molar-refractivity contribution in [1.82, 2.24) is 4.57 Å². The number of hydrogen-bond acceptors (Lipinski definition) is 1. The van der Waals surface area contributed by atoms with E-state index in [1.165, 1.54) is 99.4 Å². The van der Waals surface area contributed by atoms with E-state index < -0.39 is 10.8 Å². The molecule has 0 spiro atoms. The van der Waals surface area contributed by atoms with E-state index in [9.17, 15) is 0 Å². The minimum absolute atomic E-state index is 0.549. The second kappa shape index (κ2) is 18.2. The SMILES string of the molecule is c1ccc(-n2c3ccc(N(c4ccc(-c5ccc6ccccc6c5)cc4)c4ccc5c(c4)C(c4ccccc4)(c4ccccc4)c4ccccc4-5)cc3c3cc(C4(c5ccccc5)c5ccccc5-c5ccccc54)ccc32)cc1. The zero-order valence-corrected chi connectivity index (χ0v) is 43.9. The van der Waals surface area contributed by atoms with Gasteiger partial charge in [-0.25, -0.2) is 0 Å². The summed E-state index contributed by atoms with van der Waals surface area (Å²) in [5, 5.41) is 4.85. The molecule has 0 atom stereocenters. The number of fused-ring (bicyclic) bond motifs is 10. The van der Waals surface area contributed by atoms with Gasteiger partial charge in [0.25, 0.3) is 0 Å². The van der Waals surface area contributed by atoms with Crippen LogP contribution >= 0.6 is 0 Å². The van der Waals surface area contributed by atoms with E-state index in [2.05, 4.69) is 325 Å². The van der Waals surface area contributed by atoms with Gasteiger partial charge in [0.1, 0.15) is 0 Å². The molecular weight excluding hydrogens is 965 g/mol. The van der Waals surface area contributed by atoms with Crippen LogP contribution in [0.25, 0.3) is 71.6 Å². The normalized spacial score (nSPS) is 13.4. The van der Waals surface area contributed by atoms with E-state index in [-0.39, 0.29) is 0 Å². The molecule has 2 nitrogen and oxygen atoms in total. The summed E-state index contributed by atoms with van der Waals surface area (Å²) >= 11 is 0. The summed E-state index contributed by atoms with van der Waals surface area (Å²) < 4.78 is 2.45. The van der Waals surface area contributed by atoms with Crippen LogP contribution in [0.15, 0.2) is 315 Å². The molecule has 13 aromatic carbocycles. The highest BCUT2D eigenvalue weighted by Crippen LogP contribution is 2.59. The Labute approximate surface area is 466 Å². The Morgan fingerprint density at radius 2 is 0.675 bits per heavy atom. The van der Waals surface area contributed by atoms with Gasteiger partial charge in [-0.15, -0.1) is 0 Å². The fourth-order valence-corrected chi connectivity index (χ4v) is 14.1. The topological polar surface area (TPSA) is 8.17 Å². The summed E-state index contributed by atoms with van der Waals surface area (Å²) in [7, 11) is 0. The molecule has 2 aliphatic rings. The van der Waals surface area contributed by atoms with Crippen molar-refractivity contribution >= 4 is 49.6 Å². The summed E-state index contributed by atoms with van der Waals surface area (Å²) in [6.45, 7) is 0. The molecular formula is C78H52N2. The lowest BCUT2D eigenvalue weighted by Gasteiger charge is -2.35. The lowest BCUT2D eigenvalue weighted by atomic mass is 9.67. The van der Waals surface area contributed by atoms with Crippen LogP contribution in [-0.2, 0) is 10.8 Å². The summed E-state index contributed by atoms with van der Waals surface area (Å²) in [5.74, 6) is 0. The highest BCUT2D eigenvalue weighted by Gasteiger charge is 2.48. The lowest BCUT2D eigenvalue weighted by molar-refractivity contribution is 0.768. The first-order valence-electron chi connectivity index (χ1n) is 27.8. The Morgan fingerprint density at radius 3 is 1.26 bits per heavy atom. The van der Waals surface area contributed by atoms with Gasteiger partial charge in [0.05, 0.1) is 21.9 Å². The number of benzene rings is 13. The van der Waals surface area contributed by atoms with E-state index >= 15 is 0 Å². The van der Waals surface area contributed by atoms with Gasteiger partial charge in [0, 0.05) is 33.5 Å². The molecule has 14 aromatic rings. The Bertz CT molecular complexity index is 4610. The molecule has 0 fully saturated rings. The highest BCUT2D eigenvalue weighted by atomic mass is 15.1. The third-order valence-electron chi connectivity index (χ3n) is 17.5. The van der Waals surface area contributed by atoms with Gasteiger partial charge in [-0.2, -0.15) is 0 Å². The molecule has 80 heavy (non-hydrogen) atoms. The predicted molar refractivity (Wildman–Crippen MR) is 333 cm³/mol. The van der Waals surface area contributed by atoms with Crippen LogP contribution in [-0.4, -0.2) is 4.57 Å². The third-order valence-corrected chi connectivity index (χ3v) is 17.5. The number of anilines is 3. The quantitative estimate of drug-likeness (QED) is 0.140. The Kier molecular flexibility index (Phi) is 10.4. The molecule has 374 valence electrons. The molecule has 2 heteroatoms. The van der Waals surface area contributed by atoms with Crippen molar-refractivity contribution in [1.29, 1.82) is 0 Å². The smallest absolute Gasteiger partial charge is 0.0714 e. The summed E-state index contributed by atoms with van der Waals surface area (Å²) in [6, 6.07) is 118. The predicted octanol–water partition coefficient (Wildman–Crippen LogP) is 19.8. The van der Waals surface area contributed by atoms with Gasteiger partial charge in [-0.05, 0) is 161 Å². The van der Waals surface area contributed by atoms with Crippen LogP contribution < -0.4 is 4.90 Å². The molecule has 2 aliphatic carbocycles. The van der Waals surface area contributed by atoms with E-state index in [1.54, 1.807) is 0 Å². The van der Waals surface area contributed by atoms with Crippen LogP contribution in [0.3, 0.4) is 0 Å². The van der Waals surface area contributed by atoms with Crippen molar-refractivity contribution in [3.05, 3.63) is 360 Å². The van der Waals surface area contributed by atoms with Gasteiger partial charge in [0.15, 0.2) is 0 Å². The zero-order chi connectivity index (χ0) is 52.8. The zero-order valence-electron chi connectivity index (χ0n) is 43.9. The minimum atomic E-state index is -0.564. The maximum atomic E-state index is 2.51. The van der Waals surface area contributed by atoms with Crippen LogP contribution in [0.4, 0.5) is 17.1 Å². The van der Waals surface area contributed by atoms with Crippen LogP contribution in [0.2, 0.25) is 0 Å². The van der Waals surface area contributed by atoms with Crippen molar-refractivity contribution < 1.29 is 0 Å². The molecule has 0 saturated heterocycles. The first-order valence-corrected chi connectivity index (χ1v) is 27.8. The summed E-state index contributed by atoms with van der Waals surface area (Å²) in [4.78, 5) is 2.48. The maximum absolute atomic E-state index is 2.51. The van der Waals surface area contributed by atoms with E-state index in [4.69, 9.17) is 0 Å². The molecule has 0 aliphatic heterocycles. The van der Waals surface area contributed by atoms with Gasteiger partial charge in [-0.3, -0.25) is 0 Å². The Balaban J connectivity index is 0.954. The van der Waals surface area contributed by atoms with Crippen LogP contribution in [0.5, 0.6) is 0 Å². The number of rotatable bonds is 9. The molecule has 0 N–H and O–H groups in total. The van der Waals surface area contributed by atoms with Crippen molar-refractivity contribution in [3.63, 3.8) is 0 Å². The molecule has 0 radical (unpaired) electrons. The van der Waals surface area contributed by atoms with Crippen LogP contribution in [0, 0.1) is 0 Å².